The molecule has 1 amide bonds. The second-order valence-electron chi connectivity index (χ2n) is 6.50. The van der Waals surface area contributed by atoms with Gasteiger partial charge in [0.05, 0.1) is 11.3 Å². The predicted molar refractivity (Wildman–Crippen MR) is 97.7 cm³/mol. The van der Waals surface area contributed by atoms with Gasteiger partial charge in [-0.25, -0.2) is 4.79 Å². The molecule has 1 fully saturated rings. The molecule has 0 bridgehead atoms. The Morgan fingerprint density at radius 3 is 2.64 bits per heavy atom. The van der Waals surface area contributed by atoms with Crippen molar-refractivity contribution < 1.29 is 19.1 Å². The Hall–Kier alpha value is -1.82. The molecule has 5 nitrogen and oxygen atoms in total. The number of rotatable bonds is 7. The summed E-state index contributed by atoms with van der Waals surface area (Å²) in [5.74, 6) is -0.0182. The van der Waals surface area contributed by atoms with Crippen molar-refractivity contribution in [2.45, 2.75) is 50.5 Å². The van der Waals surface area contributed by atoms with Crippen LogP contribution >= 0.6 is 11.8 Å². The van der Waals surface area contributed by atoms with Crippen LogP contribution in [0.25, 0.3) is 0 Å². The lowest BCUT2D eigenvalue weighted by Gasteiger charge is -2.29. The highest BCUT2D eigenvalue weighted by Crippen LogP contribution is 2.24. The van der Waals surface area contributed by atoms with Gasteiger partial charge in [0.15, 0.2) is 6.61 Å². The van der Waals surface area contributed by atoms with E-state index in [9.17, 15) is 14.4 Å². The molecule has 0 aromatic heterocycles. The molecule has 1 aromatic rings. The number of thioether (sulfide) groups is 1. The molecular weight excluding hydrogens is 338 g/mol. The third-order valence-electron chi connectivity index (χ3n) is 4.33. The Labute approximate surface area is 152 Å². The van der Waals surface area contributed by atoms with Crippen molar-refractivity contribution in [3.05, 3.63) is 29.8 Å². The molecule has 1 N–H and O–H groups in total. The first kappa shape index (κ1) is 19.5. The van der Waals surface area contributed by atoms with E-state index in [1.54, 1.807) is 24.3 Å². The molecule has 1 aliphatic rings. The minimum atomic E-state index is -0.543. The van der Waals surface area contributed by atoms with Gasteiger partial charge in [-0.05, 0) is 37.8 Å². The first-order chi connectivity index (χ1) is 12.0. The molecule has 0 saturated heterocycles. The number of carbonyl (C=O) groups excluding carboxylic acids is 3. The normalized spacial score (nSPS) is 19.9. The summed E-state index contributed by atoms with van der Waals surface area (Å²) in [6.07, 6.45) is 4.42. The molecular formula is C19H25NO4S. The number of ether oxygens (including phenoxy) is 1. The summed E-state index contributed by atoms with van der Waals surface area (Å²) in [4.78, 5) is 36.1. The number of Topliss-reactive ketones (excluding diaryl/α,β-unsaturated/α-hetero) is 1. The van der Waals surface area contributed by atoms with E-state index in [0.29, 0.717) is 22.1 Å². The minimum absolute atomic E-state index is 0.0362. The largest absolute Gasteiger partial charge is 0.452 e. The Kier molecular flexibility index (Phi) is 7.50. The highest BCUT2D eigenvalue weighted by molar-refractivity contribution is 8.00. The number of hydrogen-bond acceptors (Lipinski definition) is 5. The summed E-state index contributed by atoms with van der Waals surface area (Å²) in [5, 5.41) is 2.96. The van der Waals surface area contributed by atoms with Gasteiger partial charge in [-0.1, -0.05) is 31.9 Å². The smallest absolute Gasteiger partial charge is 0.339 e. The van der Waals surface area contributed by atoms with E-state index in [2.05, 4.69) is 12.2 Å². The zero-order valence-electron chi connectivity index (χ0n) is 14.7. The molecule has 136 valence electrons. The van der Waals surface area contributed by atoms with Crippen LogP contribution in [0.1, 0.15) is 49.9 Å². The Bertz CT molecular complexity index is 632. The fourth-order valence-corrected chi connectivity index (χ4v) is 3.77. The van der Waals surface area contributed by atoms with Gasteiger partial charge >= 0.3 is 5.97 Å². The van der Waals surface area contributed by atoms with E-state index in [-0.39, 0.29) is 24.3 Å². The van der Waals surface area contributed by atoms with E-state index in [0.717, 1.165) is 19.3 Å². The highest BCUT2D eigenvalue weighted by atomic mass is 32.2. The fraction of sp³-hybridized carbons (Fsp3) is 0.526. The van der Waals surface area contributed by atoms with Gasteiger partial charge in [-0.3, -0.25) is 9.59 Å². The number of hydrogen-bond donors (Lipinski definition) is 1. The molecule has 1 aliphatic carbocycles. The SMILES string of the molecule is CC(=O)CSc1ccccc1C(=O)OCC(=O)N[C@H]1CCCC[C@H]1C. The van der Waals surface area contributed by atoms with Crippen molar-refractivity contribution in [2.75, 3.05) is 12.4 Å². The third kappa shape index (κ3) is 6.20. The number of ketones is 1. The minimum Gasteiger partial charge on any atom is -0.452 e. The standard InChI is InChI=1S/C19H25NO4S/c1-13-7-3-5-9-16(13)20-18(22)11-24-19(23)15-8-4-6-10-17(15)25-12-14(2)21/h4,6,8,10,13,16H,3,5,7,9,11-12H2,1-2H3,(H,20,22)/t13-,16+/m1/s1. The Morgan fingerprint density at radius 2 is 1.92 bits per heavy atom. The van der Waals surface area contributed by atoms with Crippen molar-refractivity contribution in [3.8, 4) is 0 Å². The number of benzene rings is 1. The maximum absolute atomic E-state index is 12.3. The number of carbonyl (C=O) groups is 3. The van der Waals surface area contributed by atoms with Gasteiger partial charge in [-0.2, -0.15) is 0 Å². The van der Waals surface area contributed by atoms with Gasteiger partial charge in [0, 0.05) is 10.9 Å². The lowest BCUT2D eigenvalue weighted by Crippen LogP contribution is -2.42. The lowest BCUT2D eigenvalue weighted by atomic mass is 9.86. The quantitative estimate of drug-likeness (QED) is 0.595. The monoisotopic (exact) mass is 363 g/mol. The maximum atomic E-state index is 12.3. The molecule has 1 aromatic carbocycles. The van der Waals surface area contributed by atoms with Crippen LogP contribution in [-0.4, -0.2) is 36.1 Å². The van der Waals surface area contributed by atoms with Crippen LogP contribution in [0.15, 0.2) is 29.2 Å². The van der Waals surface area contributed by atoms with Crippen LogP contribution in [0, 0.1) is 5.92 Å². The van der Waals surface area contributed by atoms with Crippen LogP contribution in [0.4, 0.5) is 0 Å². The summed E-state index contributed by atoms with van der Waals surface area (Å²) < 4.78 is 5.16. The maximum Gasteiger partial charge on any atom is 0.339 e. The van der Waals surface area contributed by atoms with Crippen LogP contribution in [0.3, 0.4) is 0 Å². The summed E-state index contributed by atoms with van der Waals surface area (Å²) in [6.45, 7) is 3.36. The zero-order chi connectivity index (χ0) is 18.2. The van der Waals surface area contributed by atoms with E-state index in [1.807, 2.05) is 0 Å². The molecule has 0 aliphatic heterocycles. The van der Waals surface area contributed by atoms with Crippen LogP contribution in [0.2, 0.25) is 0 Å². The van der Waals surface area contributed by atoms with Crippen molar-refractivity contribution in [1.29, 1.82) is 0 Å². The third-order valence-corrected chi connectivity index (χ3v) is 5.55. The average molecular weight is 363 g/mol. The second kappa shape index (κ2) is 9.61. The predicted octanol–water partition coefficient (Wildman–Crippen LogP) is 3.22. The summed E-state index contributed by atoms with van der Waals surface area (Å²) in [6, 6.07) is 7.12. The highest BCUT2D eigenvalue weighted by Gasteiger charge is 2.23. The Balaban J connectivity index is 1.87. The Morgan fingerprint density at radius 1 is 1.20 bits per heavy atom. The second-order valence-corrected chi connectivity index (χ2v) is 7.52. The lowest BCUT2D eigenvalue weighted by molar-refractivity contribution is -0.125. The molecule has 0 spiro atoms. The average Bonchev–Trinajstić information content (AvgIpc) is 2.60. The van der Waals surface area contributed by atoms with E-state index in [4.69, 9.17) is 4.74 Å². The molecule has 25 heavy (non-hydrogen) atoms. The topological polar surface area (TPSA) is 72.5 Å². The summed E-state index contributed by atoms with van der Waals surface area (Å²) in [5.41, 5.74) is 0.382. The molecule has 2 rings (SSSR count). The van der Waals surface area contributed by atoms with Crippen molar-refractivity contribution >= 4 is 29.4 Å². The fourth-order valence-electron chi connectivity index (χ4n) is 2.93. The van der Waals surface area contributed by atoms with E-state index >= 15 is 0 Å². The zero-order valence-corrected chi connectivity index (χ0v) is 15.6. The van der Waals surface area contributed by atoms with Gasteiger partial charge in [0.25, 0.3) is 5.91 Å². The molecule has 0 heterocycles. The number of nitrogens with one attached hydrogen (secondary N) is 1. The van der Waals surface area contributed by atoms with Gasteiger partial charge in [-0.15, -0.1) is 11.8 Å². The molecule has 2 atom stereocenters. The van der Waals surface area contributed by atoms with E-state index < -0.39 is 5.97 Å². The first-order valence-corrected chi connectivity index (χ1v) is 9.63. The van der Waals surface area contributed by atoms with E-state index in [1.165, 1.54) is 25.1 Å². The number of amides is 1. The number of esters is 1. The van der Waals surface area contributed by atoms with Crippen molar-refractivity contribution in [2.24, 2.45) is 5.92 Å². The van der Waals surface area contributed by atoms with Crippen LogP contribution in [-0.2, 0) is 14.3 Å². The summed E-state index contributed by atoms with van der Waals surface area (Å²) in [7, 11) is 0. The van der Waals surface area contributed by atoms with Crippen molar-refractivity contribution in [1.82, 2.24) is 5.32 Å². The molecule has 1 saturated carbocycles. The van der Waals surface area contributed by atoms with Gasteiger partial charge < -0.3 is 10.1 Å². The summed E-state index contributed by atoms with van der Waals surface area (Å²) >= 11 is 1.30. The molecule has 0 unspecified atom stereocenters. The van der Waals surface area contributed by atoms with Gasteiger partial charge in [0.2, 0.25) is 0 Å². The first-order valence-electron chi connectivity index (χ1n) is 8.65. The van der Waals surface area contributed by atoms with Gasteiger partial charge in [0.1, 0.15) is 5.78 Å². The van der Waals surface area contributed by atoms with Crippen LogP contribution < -0.4 is 5.32 Å². The molecule has 6 heteroatoms. The van der Waals surface area contributed by atoms with Crippen LogP contribution in [0.5, 0.6) is 0 Å². The van der Waals surface area contributed by atoms with Crippen molar-refractivity contribution in [3.63, 3.8) is 0 Å². The molecule has 0 radical (unpaired) electrons.